The molecule has 5 heterocycles. The number of H-pyrrole nitrogens is 1. The van der Waals surface area contributed by atoms with Gasteiger partial charge in [0.25, 0.3) is 0 Å². The molecule has 3 saturated heterocycles. The topological polar surface area (TPSA) is 221 Å². The minimum absolute atomic E-state index is 0.0270. The Kier molecular flexibility index (Phi) is 16.0. The number of halogens is 5. The first kappa shape index (κ1) is 51.8. The number of imide groups is 1. The molecule has 0 radical (unpaired) electrons. The van der Waals surface area contributed by atoms with E-state index in [1.807, 2.05) is 53.4 Å². The molecule has 24 heteroatoms. The molecule has 3 aromatic carbocycles. The van der Waals surface area contributed by atoms with Gasteiger partial charge in [-0.2, -0.15) is 25.9 Å². The van der Waals surface area contributed by atoms with Crippen molar-refractivity contribution in [1.29, 1.82) is 0 Å². The predicted molar refractivity (Wildman–Crippen MR) is 253 cm³/mol. The standard InChI is InChI=1S/C45H50F2N10O6S.C2HF3O2/c1-3-53(2)64(62,63)52-37-13-12-36(46)41(42(37)47)43(60)35-26-49-44-34(35)24-30(25-48-44)33-7-5-4-6-29(33)27-54-18-22-57(23-19-54)40(59)28-55-16-20-56(21-17-55)32-10-8-31(9-11-32)50-38-14-15-39(58)51-45(38)61;3-2(4,5)1(6)7/h4-13,24-26,38,50,52H,3,14-23,27-28H2,1-2H3,(H,48,49)(H,51,58,61);(H,6,7). The molecule has 0 bridgehead atoms. The zero-order valence-electron chi connectivity index (χ0n) is 38.6. The lowest BCUT2D eigenvalue weighted by atomic mass is 9.97. The summed E-state index contributed by atoms with van der Waals surface area (Å²) in [5, 5.41) is 13.0. The Bertz CT molecular complexity index is 2910. The Morgan fingerprint density at radius 1 is 0.915 bits per heavy atom. The van der Waals surface area contributed by atoms with Crippen LogP contribution in [0.1, 0.15) is 41.3 Å². The molecule has 2 aromatic heterocycles. The number of amides is 3. The highest BCUT2D eigenvalue weighted by Crippen LogP contribution is 2.32. The SMILES string of the molecule is CCN(C)S(=O)(=O)Nc1ccc(F)c(C(=O)c2c[nH]c3ncc(-c4ccccc4CN4CCN(C(=O)CN5CCN(c6ccc(NC7CCC(=O)NC7=O)cc6)CC5)CC4)cc23)c1F.O=C(O)C(F)(F)F. The number of piperazine rings is 2. The molecule has 3 aliphatic heterocycles. The van der Waals surface area contributed by atoms with E-state index >= 15 is 8.78 Å². The third-order valence-electron chi connectivity index (χ3n) is 12.4. The Hall–Kier alpha value is -7.02. The van der Waals surface area contributed by atoms with Crippen molar-refractivity contribution in [3.8, 4) is 11.1 Å². The normalized spacial score (nSPS) is 17.2. The number of fused-ring (bicyclic) bond motifs is 1. The first-order chi connectivity index (χ1) is 33.7. The van der Waals surface area contributed by atoms with E-state index in [1.165, 1.54) is 13.2 Å². The van der Waals surface area contributed by atoms with Crippen LogP contribution in [0.15, 0.2) is 79.1 Å². The summed E-state index contributed by atoms with van der Waals surface area (Å²) < 4.78 is 90.9. The fourth-order valence-electron chi connectivity index (χ4n) is 8.29. The van der Waals surface area contributed by atoms with Crippen LogP contribution in [-0.4, -0.2) is 157 Å². The molecule has 5 aromatic rings. The molecule has 71 heavy (non-hydrogen) atoms. The Morgan fingerprint density at radius 3 is 2.23 bits per heavy atom. The number of carbonyl (C=O) groups is 5. The summed E-state index contributed by atoms with van der Waals surface area (Å²) in [6, 6.07) is 18.8. The van der Waals surface area contributed by atoms with Crippen LogP contribution in [0.5, 0.6) is 0 Å². The predicted octanol–water partition coefficient (Wildman–Crippen LogP) is 4.66. The number of benzene rings is 3. The highest BCUT2D eigenvalue weighted by molar-refractivity contribution is 7.90. The van der Waals surface area contributed by atoms with Crippen molar-refractivity contribution in [1.82, 2.24) is 34.3 Å². The van der Waals surface area contributed by atoms with Gasteiger partial charge in [-0.15, -0.1) is 0 Å². The van der Waals surface area contributed by atoms with Gasteiger partial charge in [-0.3, -0.25) is 39.0 Å². The molecule has 3 aliphatic rings. The van der Waals surface area contributed by atoms with Crippen LogP contribution < -0.4 is 20.3 Å². The summed E-state index contributed by atoms with van der Waals surface area (Å²) in [5.41, 5.74) is 3.29. The van der Waals surface area contributed by atoms with Crippen LogP contribution in [-0.2, 0) is 35.9 Å². The number of carboxylic acid groups (broad SMARTS) is 1. The third kappa shape index (κ3) is 12.5. The van der Waals surface area contributed by atoms with Gasteiger partial charge in [0.2, 0.25) is 23.5 Å². The summed E-state index contributed by atoms with van der Waals surface area (Å²) in [4.78, 5) is 75.9. The van der Waals surface area contributed by atoms with Crippen molar-refractivity contribution in [2.24, 2.45) is 0 Å². The van der Waals surface area contributed by atoms with Crippen LogP contribution in [0.2, 0.25) is 0 Å². The van der Waals surface area contributed by atoms with Crippen molar-refractivity contribution in [3.63, 3.8) is 0 Å². The van der Waals surface area contributed by atoms with Gasteiger partial charge >= 0.3 is 22.4 Å². The summed E-state index contributed by atoms with van der Waals surface area (Å²) in [6.45, 7) is 8.24. The lowest BCUT2D eigenvalue weighted by Crippen LogP contribution is -2.53. The summed E-state index contributed by atoms with van der Waals surface area (Å²) in [5.74, 6) is -6.64. The van der Waals surface area contributed by atoms with Gasteiger partial charge in [-0.05, 0) is 60.0 Å². The van der Waals surface area contributed by atoms with Crippen molar-refractivity contribution in [2.45, 2.75) is 38.5 Å². The molecule has 1 atom stereocenters. The molecule has 18 nitrogen and oxygen atoms in total. The number of hydrogen-bond donors (Lipinski definition) is 5. The molecular formula is C47H51F5N10O8S. The second-order valence-electron chi connectivity index (χ2n) is 17.0. The largest absolute Gasteiger partial charge is 0.490 e. The van der Waals surface area contributed by atoms with Gasteiger partial charge < -0.3 is 25.2 Å². The van der Waals surface area contributed by atoms with E-state index in [4.69, 9.17) is 9.90 Å². The van der Waals surface area contributed by atoms with Gasteiger partial charge in [0.15, 0.2) is 5.82 Å². The quantitative estimate of drug-likeness (QED) is 0.0581. The van der Waals surface area contributed by atoms with E-state index in [-0.39, 0.29) is 29.8 Å². The van der Waals surface area contributed by atoms with Crippen molar-refractivity contribution in [2.75, 3.05) is 87.4 Å². The molecular weight excluding hydrogens is 960 g/mol. The van der Waals surface area contributed by atoms with Gasteiger partial charge in [0, 0.05) is 119 Å². The van der Waals surface area contributed by atoms with Crippen molar-refractivity contribution in [3.05, 3.63) is 107 Å². The molecule has 0 spiro atoms. The first-order valence-corrected chi connectivity index (χ1v) is 24.0. The minimum atomic E-state index is -5.08. The summed E-state index contributed by atoms with van der Waals surface area (Å²) >= 11 is 0. The van der Waals surface area contributed by atoms with E-state index < -0.39 is 57.1 Å². The number of rotatable bonds is 14. The first-order valence-electron chi connectivity index (χ1n) is 22.5. The molecule has 378 valence electrons. The lowest BCUT2D eigenvalue weighted by Gasteiger charge is -2.38. The summed E-state index contributed by atoms with van der Waals surface area (Å²) in [7, 11) is -2.85. The summed E-state index contributed by atoms with van der Waals surface area (Å²) in [6.07, 6.45) is -1.30. The molecule has 8 rings (SSSR count). The molecule has 3 fully saturated rings. The zero-order valence-corrected chi connectivity index (χ0v) is 39.4. The van der Waals surface area contributed by atoms with Crippen LogP contribution in [0.25, 0.3) is 22.2 Å². The zero-order chi connectivity index (χ0) is 51.2. The van der Waals surface area contributed by atoms with E-state index in [2.05, 4.69) is 40.0 Å². The molecule has 5 N–H and O–H groups in total. The molecule has 3 amide bonds. The number of nitrogens with zero attached hydrogens (tertiary/aromatic N) is 6. The van der Waals surface area contributed by atoms with Crippen molar-refractivity contribution < 1.29 is 59.4 Å². The highest BCUT2D eigenvalue weighted by atomic mass is 32.2. The van der Waals surface area contributed by atoms with E-state index in [0.717, 1.165) is 65.1 Å². The van der Waals surface area contributed by atoms with E-state index in [0.29, 0.717) is 68.7 Å². The number of carboxylic acids is 1. The minimum Gasteiger partial charge on any atom is -0.475 e. The number of anilines is 3. The van der Waals surface area contributed by atoms with Crippen molar-refractivity contribution >= 4 is 67.8 Å². The fourth-order valence-corrected chi connectivity index (χ4v) is 9.22. The fraction of sp³-hybridized carbons (Fsp3) is 0.362. The smallest absolute Gasteiger partial charge is 0.475 e. The number of piperidine rings is 1. The van der Waals surface area contributed by atoms with Crippen LogP contribution in [0, 0.1) is 11.6 Å². The number of alkyl halides is 3. The maximum atomic E-state index is 15.7. The average molecular weight is 1010 g/mol. The van der Waals surface area contributed by atoms with Crippen LogP contribution in [0.4, 0.5) is 39.0 Å². The number of aromatic amines is 1. The average Bonchev–Trinajstić information content (AvgIpc) is 3.77. The van der Waals surface area contributed by atoms with E-state index in [1.54, 1.807) is 19.2 Å². The number of hydrogen-bond acceptors (Lipinski definition) is 12. The van der Waals surface area contributed by atoms with Gasteiger partial charge in [0.1, 0.15) is 17.5 Å². The van der Waals surface area contributed by atoms with Crippen LogP contribution >= 0.6 is 0 Å². The van der Waals surface area contributed by atoms with Gasteiger partial charge in [0.05, 0.1) is 17.8 Å². The Balaban J connectivity index is 0.000000985. The number of pyridine rings is 1. The lowest BCUT2D eigenvalue weighted by molar-refractivity contribution is -0.192. The third-order valence-corrected chi connectivity index (χ3v) is 14.0. The second kappa shape index (κ2) is 22.0. The van der Waals surface area contributed by atoms with E-state index in [9.17, 15) is 40.8 Å². The maximum Gasteiger partial charge on any atom is 0.490 e. The number of carbonyl (C=O) groups excluding carboxylic acids is 4. The number of nitrogens with one attached hydrogen (secondary N) is 4. The highest BCUT2D eigenvalue weighted by Gasteiger charge is 2.38. The molecule has 0 aliphatic carbocycles. The monoisotopic (exact) mass is 1010 g/mol. The second-order valence-corrected chi connectivity index (χ2v) is 18.8. The number of aromatic nitrogens is 2. The van der Waals surface area contributed by atoms with Gasteiger partial charge in [-0.1, -0.05) is 31.2 Å². The molecule has 1 unspecified atom stereocenters. The maximum absolute atomic E-state index is 15.7. The van der Waals surface area contributed by atoms with Crippen LogP contribution in [0.3, 0.4) is 0 Å². The van der Waals surface area contributed by atoms with Gasteiger partial charge in [-0.25, -0.2) is 18.6 Å². The number of aliphatic carboxylic acids is 1. The molecule has 0 saturated carbocycles. The Morgan fingerprint density at radius 2 is 1.58 bits per heavy atom. The number of ketones is 1. The Labute approximate surface area is 405 Å².